The van der Waals surface area contributed by atoms with Gasteiger partial charge in [-0.25, -0.2) is 15.0 Å². The lowest BCUT2D eigenvalue weighted by molar-refractivity contribution is -0.142. The predicted octanol–water partition coefficient (Wildman–Crippen LogP) is 6.06. The first kappa shape index (κ1) is 22.4. The van der Waals surface area contributed by atoms with Crippen LogP contribution in [-0.2, 0) is 18.9 Å². The van der Waals surface area contributed by atoms with Gasteiger partial charge in [0, 0.05) is 22.3 Å². The summed E-state index contributed by atoms with van der Waals surface area (Å²) in [5, 5.41) is 0.502. The largest absolute Gasteiger partial charge is 0.433 e. The van der Waals surface area contributed by atoms with Crippen LogP contribution in [0.1, 0.15) is 47.5 Å². The molecule has 4 rings (SSSR count). The average Bonchev–Trinajstić information content (AvgIpc) is 3.24. The predicted molar refractivity (Wildman–Crippen MR) is 106 cm³/mol. The zero-order valence-electron chi connectivity index (χ0n) is 17.1. The standard InChI is InChI=1S/C20H17F6N5S/c1-9(2)16-15-12(8-31(16)18-28-10(3)6-14(29-18)20(24,25)26)32-17(30-15)11-4-5-13(27-7-11)19(21,22)23/h4-7,9,16H,8H2,1-3H3. The molecular weight excluding hydrogens is 456 g/mol. The van der Waals surface area contributed by atoms with Crippen molar-refractivity contribution < 1.29 is 26.3 Å². The number of nitrogens with zero attached hydrogens (tertiary/aromatic N) is 5. The highest BCUT2D eigenvalue weighted by Crippen LogP contribution is 2.45. The number of rotatable bonds is 3. The van der Waals surface area contributed by atoms with Gasteiger partial charge in [0.15, 0.2) is 0 Å². The molecule has 3 aromatic heterocycles. The second-order valence-electron chi connectivity index (χ2n) is 7.77. The van der Waals surface area contributed by atoms with Crippen molar-refractivity contribution in [2.75, 3.05) is 4.90 Å². The number of pyridine rings is 1. The summed E-state index contributed by atoms with van der Waals surface area (Å²) >= 11 is 1.27. The maximum absolute atomic E-state index is 13.2. The number of alkyl halides is 6. The van der Waals surface area contributed by atoms with Gasteiger partial charge < -0.3 is 4.90 Å². The van der Waals surface area contributed by atoms with Crippen LogP contribution in [0.2, 0.25) is 0 Å². The molecule has 1 atom stereocenters. The number of halogens is 6. The van der Waals surface area contributed by atoms with Crippen molar-refractivity contribution in [2.24, 2.45) is 5.92 Å². The van der Waals surface area contributed by atoms with E-state index in [1.54, 1.807) is 4.90 Å². The number of aryl methyl sites for hydroxylation is 1. The molecule has 0 saturated heterocycles. The molecule has 1 unspecified atom stereocenters. The SMILES string of the molecule is Cc1cc(C(F)(F)F)nc(N2Cc3sc(-c4ccc(C(F)(F)F)nc4)nc3C2C(C)C)n1. The topological polar surface area (TPSA) is 54.8 Å². The van der Waals surface area contributed by atoms with Gasteiger partial charge >= 0.3 is 12.4 Å². The number of hydrogen-bond donors (Lipinski definition) is 0. The molecule has 12 heteroatoms. The van der Waals surface area contributed by atoms with Gasteiger partial charge in [0.1, 0.15) is 16.4 Å². The molecule has 3 aromatic rings. The van der Waals surface area contributed by atoms with E-state index in [2.05, 4.69) is 19.9 Å². The van der Waals surface area contributed by atoms with E-state index < -0.39 is 23.7 Å². The van der Waals surface area contributed by atoms with Crippen LogP contribution in [0.3, 0.4) is 0 Å². The van der Waals surface area contributed by atoms with Crippen molar-refractivity contribution in [1.82, 2.24) is 19.9 Å². The Hall–Kier alpha value is -2.76. The lowest BCUT2D eigenvalue weighted by Crippen LogP contribution is -2.28. The number of anilines is 1. The fraction of sp³-hybridized carbons (Fsp3) is 0.400. The molecule has 0 saturated carbocycles. The molecule has 0 spiro atoms. The molecule has 5 nitrogen and oxygen atoms in total. The van der Waals surface area contributed by atoms with Crippen LogP contribution in [0.15, 0.2) is 24.4 Å². The van der Waals surface area contributed by atoms with Gasteiger partial charge in [0.05, 0.1) is 18.3 Å². The van der Waals surface area contributed by atoms with Gasteiger partial charge in [-0.2, -0.15) is 26.3 Å². The van der Waals surface area contributed by atoms with Crippen molar-refractivity contribution in [2.45, 2.75) is 45.7 Å². The van der Waals surface area contributed by atoms with Crippen molar-refractivity contribution >= 4 is 17.3 Å². The quantitative estimate of drug-likeness (QED) is 0.433. The van der Waals surface area contributed by atoms with Crippen LogP contribution >= 0.6 is 11.3 Å². The van der Waals surface area contributed by atoms with E-state index in [9.17, 15) is 26.3 Å². The molecule has 32 heavy (non-hydrogen) atoms. The second-order valence-corrected chi connectivity index (χ2v) is 8.85. The molecule has 4 heterocycles. The third-order valence-corrected chi connectivity index (χ3v) is 6.08. The average molecular weight is 473 g/mol. The molecule has 1 aliphatic rings. The fourth-order valence-electron chi connectivity index (χ4n) is 3.62. The molecule has 0 aliphatic carbocycles. The first-order chi connectivity index (χ1) is 14.8. The third kappa shape index (κ3) is 4.15. The monoisotopic (exact) mass is 473 g/mol. The molecule has 0 aromatic carbocycles. The molecule has 0 bridgehead atoms. The Morgan fingerprint density at radius 1 is 1.00 bits per heavy atom. The molecule has 170 valence electrons. The smallest absolute Gasteiger partial charge is 0.327 e. The van der Waals surface area contributed by atoms with Crippen LogP contribution in [-0.4, -0.2) is 19.9 Å². The minimum Gasteiger partial charge on any atom is -0.327 e. The zero-order valence-corrected chi connectivity index (χ0v) is 17.9. The summed E-state index contributed by atoms with van der Waals surface area (Å²) in [7, 11) is 0. The maximum Gasteiger partial charge on any atom is 0.433 e. The van der Waals surface area contributed by atoms with E-state index in [1.807, 2.05) is 13.8 Å². The summed E-state index contributed by atoms with van der Waals surface area (Å²) in [6.45, 7) is 5.55. The van der Waals surface area contributed by atoms with Gasteiger partial charge in [0.2, 0.25) is 5.95 Å². The van der Waals surface area contributed by atoms with Crippen LogP contribution in [0, 0.1) is 12.8 Å². The van der Waals surface area contributed by atoms with Crippen molar-refractivity contribution in [3.63, 3.8) is 0 Å². The Labute approximate surface area is 183 Å². The number of hydrogen-bond acceptors (Lipinski definition) is 6. The van der Waals surface area contributed by atoms with Crippen molar-refractivity contribution in [3.8, 4) is 10.6 Å². The molecule has 0 N–H and O–H groups in total. The van der Waals surface area contributed by atoms with E-state index in [-0.39, 0.29) is 30.1 Å². The minimum atomic E-state index is -4.60. The molecular formula is C20H17F6N5S. The summed E-state index contributed by atoms with van der Waals surface area (Å²) < 4.78 is 78.0. The summed E-state index contributed by atoms with van der Waals surface area (Å²) in [4.78, 5) is 18.5. The fourth-order valence-corrected chi connectivity index (χ4v) is 4.71. The molecule has 0 radical (unpaired) electrons. The van der Waals surface area contributed by atoms with E-state index >= 15 is 0 Å². The number of thiazole rings is 1. The molecule has 1 aliphatic heterocycles. The highest BCUT2D eigenvalue weighted by atomic mass is 32.1. The Morgan fingerprint density at radius 3 is 2.25 bits per heavy atom. The van der Waals surface area contributed by atoms with Crippen LogP contribution < -0.4 is 4.90 Å². The molecule has 0 amide bonds. The van der Waals surface area contributed by atoms with Gasteiger partial charge in [0.25, 0.3) is 0 Å². The van der Waals surface area contributed by atoms with Crippen LogP contribution in [0.5, 0.6) is 0 Å². The first-order valence-corrected chi connectivity index (χ1v) is 10.4. The van der Waals surface area contributed by atoms with E-state index in [4.69, 9.17) is 0 Å². The van der Waals surface area contributed by atoms with Crippen LogP contribution in [0.4, 0.5) is 32.3 Å². The van der Waals surface area contributed by atoms with Crippen molar-refractivity contribution in [3.05, 3.63) is 52.0 Å². The van der Waals surface area contributed by atoms with Gasteiger partial charge in [-0.1, -0.05) is 13.8 Å². The Bertz CT molecular complexity index is 1140. The lowest BCUT2D eigenvalue weighted by Gasteiger charge is -2.28. The normalized spacial score (nSPS) is 16.7. The summed E-state index contributed by atoms with van der Waals surface area (Å²) in [6, 6.07) is 2.73. The maximum atomic E-state index is 13.2. The highest BCUT2D eigenvalue weighted by Gasteiger charge is 2.40. The first-order valence-electron chi connectivity index (χ1n) is 9.57. The third-order valence-electron chi connectivity index (χ3n) is 4.98. The van der Waals surface area contributed by atoms with Gasteiger partial charge in [-0.05, 0) is 31.0 Å². The second kappa shape index (κ2) is 7.68. The Morgan fingerprint density at radius 2 is 1.69 bits per heavy atom. The summed E-state index contributed by atoms with van der Waals surface area (Å²) in [5.41, 5.74) is -0.698. The van der Waals surface area contributed by atoms with E-state index in [0.29, 0.717) is 16.3 Å². The number of aromatic nitrogens is 4. The summed E-state index contributed by atoms with van der Waals surface area (Å²) in [5.74, 6) is -0.0608. The van der Waals surface area contributed by atoms with Crippen molar-refractivity contribution in [1.29, 1.82) is 0 Å². The Balaban J connectivity index is 1.68. The van der Waals surface area contributed by atoms with Gasteiger partial charge in [-0.15, -0.1) is 11.3 Å². The Kier molecular flexibility index (Phi) is 5.38. The van der Waals surface area contributed by atoms with Crippen LogP contribution in [0.25, 0.3) is 10.6 Å². The number of fused-ring (bicyclic) bond motifs is 1. The van der Waals surface area contributed by atoms with E-state index in [0.717, 1.165) is 23.2 Å². The molecule has 0 fully saturated rings. The highest BCUT2D eigenvalue weighted by molar-refractivity contribution is 7.15. The lowest BCUT2D eigenvalue weighted by atomic mass is 10.0. The minimum absolute atomic E-state index is 0.0287. The van der Waals surface area contributed by atoms with Gasteiger partial charge in [-0.3, -0.25) is 4.98 Å². The zero-order chi connectivity index (χ0) is 23.4. The summed E-state index contributed by atoms with van der Waals surface area (Å²) in [6.07, 6.45) is -8.00. The van der Waals surface area contributed by atoms with E-state index in [1.165, 1.54) is 24.3 Å².